The number of ether oxygens (including phenoxy) is 1. The molecule has 0 aromatic carbocycles. The van der Waals surface area contributed by atoms with Gasteiger partial charge in [-0.15, -0.1) is 10.2 Å². The van der Waals surface area contributed by atoms with Crippen LogP contribution in [0.15, 0.2) is 36.8 Å². The molecule has 194 valence electrons. The predicted octanol–water partition coefficient (Wildman–Crippen LogP) is 5.04. The maximum absolute atomic E-state index is 14.9. The summed E-state index contributed by atoms with van der Waals surface area (Å²) < 4.78 is 41.0. The molecule has 5 heterocycles. The number of aromatic nitrogens is 7. The highest BCUT2D eigenvalue weighted by Gasteiger charge is 2.58. The minimum absolute atomic E-state index is 0.243. The summed E-state index contributed by atoms with van der Waals surface area (Å²) in [6.45, 7) is 1.92. The van der Waals surface area contributed by atoms with Crippen LogP contribution >= 0.6 is 11.6 Å². The molecule has 0 unspecified atom stereocenters. The van der Waals surface area contributed by atoms with Gasteiger partial charge in [0, 0.05) is 50.7 Å². The van der Waals surface area contributed by atoms with Crippen LogP contribution in [0, 0.1) is 0 Å². The summed E-state index contributed by atoms with van der Waals surface area (Å²) in [4.78, 5) is 4.40. The van der Waals surface area contributed by atoms with Gasteiger partial charge in [0.05, 0.1) is 41.5 Å². The van der Waals surface area contributed by atoms with Crippen molar-refractivity contribution in [1.29, 1.82) is 0 Å². The molecule has 0 bridgehead atoms. The van der Waals surface area contributed by atoms with Crippen molar-refractivity contribution in [3.05, 3.63) is 47.6 Å². The molecule has 1 fully saturated rings. The number of rotatable bonds is 6. The van der Waals surface area contributed by atoms with Crippen molar-refractivity contribution >= 4 is 23.2 Å². The highest BCUT2D eigenvalue weighted by atomic mass is 35.5. The van der Waals surface area contributed by atoms with Gasteiger partial charge in [-0.2, -0.15) is 5.10 Å². The van der Waals surface area contributed by atoms with Gasteiger partial charge in [-0.3, -0.25) is 4.68 Å². The summed E-state index contributed by atoms with van der Waals surface area (Å²) in [6.07, 6.45) is 6.55. The molecule has 1 aliphatic carbocycles. The van der Waals surface area contributed by atoms with Gasteiger partial charge in [-0.05, 0) is 25.0 Å². The Morgan fingerprint density at radius 2 is 2.03 bits per heavy atom. The molecule has 0 saturated heterocycles. The smallest absolute Gasteiger partial charge is 0.257 e. The normalized spacial score (nSPS) is 18.6. The fourth-order valence-corrected chi connectivity index (χ4v) is 5.60. The van der Waals surface area contributed by atoms with E-state index in [0.29, 0.717) is 48.4 Å². The van der Waals surface area contributed by atoms with Crippen LogP contribution in [0.1, 0.15) is 32.0 Å². The molecule has 1 atom stereocenters. The zero-order chi connectivity index (χ0) is 25.9. The number of fused-ring (bicyclic) bond motifs is 3. The monoisotopic (exact) mass is 528 g/mol. The maximum atomic E-state index is 14.9. The zero-order valence-corrected chi connectivity index (χ0v) is 21.5. The van der Waals surface area contributed by atoms with Gasteiger partial charge < -0.3 is 19.2 Å². The molecule has 0 radical (unpaired) electrons. The lowest BCUT2D eigenvalue weighted by atomic mass is 9.64. The third-order valence-electron chi connectivity index (χ3n) is 7.72. The van der Waals surface area contributed by atoms with E-state index in [1.165, 1.54) is 0 Å². The second-order valence-electron chi connectivity index (χ2n) is 9.92. The second-order valence-corrected chi connectivity index (χ2v) is 10.3. The molecule has 37 heavy (non-hydrogen) atoms. The lowest BCUT2D eigenvalue weighted by Gasteiger charge is -2.45. The first kappa shape index (κ1) is 24.1. The topological polar surface area (TPSA) is 87.6 Å². The predicted molar refractivity (Wildman–Crippen MR) is 135 cm³/mol. The number of alkyl halides is 2. The van der Waals surface area contributed by atoms with Crippen molar-refractivity contribution in [2.75, 3.05) is 12.4 Å². The van der Waals surface area contributed by atoms with Crippen LogP contribution < -0.4 is 5.32 Å². The summed E-state index contributed by atoms with van der Waals surface area (Å²) in [5.74, 6) is -0.617. The van der Waals surface area contributed by atoms with Crippen LogP contribution in [-0.2, 0) is 30.3 Å². The number of hydrogen-bond acceptors (Lipinski definition) is 6. The van der Waals surface area contributed by atoms with Crippen molar-refractivity contribution in [3.63, 3.8) is 0 Å². The Bertz CT molecular complexity index is 1470. The first-order chi connectivity index (χ1) is 17.7. The first-order valence-corrected chi connectivity index (χ1v) is 12.5. The molecule has 4 aromatic rings. The molecular weight excluding hydrogens is 502 g/mol. The van der Waals surface area contributed by atoms with E-state index in [4.69, 9.17) is 16.3 Å². The standard InChI is InChI=1S/C25H27ClF2N8O/c1-24(27,28)25(6-4-7-25)23-33-32-22-19-9-15(12-35(19)13-16(37-3)14-36(22)23)17-10-20(29-11-18(17)26)31-21-5-8-30-34(21)2/h5,8-12,16H,4,6-7,13-14H2,1-3H3,(H,29,31)/t16-/m0/s1. The number of aryl methyl sites for hydroxylation is 1. The number of nitrogens with zero attached hydrogens (tertiary/aromatic N) is 7. The van der Waals surface area contributed by atoms with Crippen LogP contribution in [0.5, 0.6) is 0 Å². The van der Waals surface area contributed by atoms with Crippen LogP contribution in [-0.4, -0.2) is 53.2 Å². The van der Waals surface area contributed by atoms with Crippen molar-refractivity contribution in [1.82, 2.24) is 34.1 Å². The Hall–Kier alpha value is -3.31. The summed E-state index contributed by atoms with van der Waals surface area (Å²) in [5.41, 5.74) is 1.10. The van der Waals surface area contributed by atoms with Gasteiger partial charge in [0.15, 0.2) is 5.82 Å². The molecule has 6 rings (SSSR count). The molecule has 0 spiro atoms. The van der Waals surface area contributed by atoms with Crippen molar-refractivity contribution in [3.8, 4) is 22.6 Å². The summed E-state index contributed by atoms with van der Waals surface area (Å²) >= 11 is 6.58. The van der Waals surface area contributed by atoms with E-state index in [2.05, 4.69) is 25.6 Å². The highest BCUT2D eigenvalue weighted by Crippen LogP contribution is 2.53. The van der Waals surface area contributed by atoms with Gasteiger partial charge in [0.25, 0.3) is 5.92 Å². The van der Waals surface area contributed by atoms with Crippen LogP contribution in [0.25, 0.3) is 22.6 Å². The fourth-order valence-electron chi connectivity index (χ4n) is 5.39. The fraction of sp³-hybridized carbons (Fsp3) is 0.440. The first-order valence-electron chi connectivity index (χ1n) is 12.2. The largest absolute Gasteiger partial charge is 0.378 e. The molecule has 1 saturated carbocycles. The van der Waals surface area contributed by atoms with Gasteiger partial charge >= 0.3 is 0 Å². The molecule has 2 aliphatic rings. The van der Waals surface area contributed by atoms with Gasteiger partial charge in [0.1, 0.15) is 17.5 Å². The Balaban J connectivity index is 1.43. The molecule has 9 nitrogen and oxygen atoms in total. The summed E-state index contributed by atoms with van der Waals surface area (Å²) in [5, 5.41) is 16.7. The lowest BCUT2D eigenvalue weighted by Crippen LogP contribution is -2.50. The Labute approximate surface area is 217 Å². The van der Waals surface area contributed by atoms with E-state index < -0.39 is 11.3 Å². The van der Waals surface area contributed by atoms with E-state index in [1.807, 2.05) is 40.6 Å². The number of hydrogen-bond donors (Lipinski definition) is 1. The second kappa shape index (κ2) is 8.63. The van der Waals surface area contributed by atoms with E-state index in [1.54, 1.807) is 24.2 Å². The molecule has 0 amide bonds. The van der Waals surface area contributed by atoms with Crippen molar-refractivity contribution < 1.29 is 13.5 Å². The van der Waals surface area contributed by atoms with Gasteiger partial charge in [-0.25, -0.2) is 13.8 Å². The summed E-state index contributed by atoms with van der Waals surface area (Å²) in [7, 11) is 3.47. The number of halogens is 3. The molecule has 1 N–H and O–H groups in total. The minimum Gasteiger partial charge on any atom is -0.378 e. The van der Waals surface area contributed by atoms with E-state index in [9.17, 15) is 8.78 Å². The minimum atomic E-state index is -2.90. The van der Waals surface area contributed by atoms with E-state index in [0.717, 1.165) is 36.0 Å². The summed E-state index contributed by atoms with van der Waals surface area (Å²) in [6, 6.07) is 5.69. The highest BCUT2D eigenvalue weighted by molar-refractivity contribution is 6.33. The molecule has 4 aromatic heterocycles. The third kappa shape index (κ3) is 3.83. The number of pyridine rings is 1. The quantitative estimate of drug-likeness (QED) is 0.377. The van der Waals surface area contributed by atoms with Crippen molar-refractivity contribution in [2.45, 2.75) is 56.7 Å². The van der Waals surface area contributed by atoms with Crippen LogP contribution in [0.3, 0.4) is 0 Å². The average Bonchev–Trinajstić information content (AvgIpc) is 3.51. The lowest BCUT2D eigenvalue weighted by molar-refractivity contribution is -0.103. The Morgan fingerprint density at radius 1 is 1.22 bits per heavy atom. The number of methoxy groups -OCH3 is 1. The van der Waals surface area contributed by atoms with E-state index in [-0.39, 0.29) is 6.10 Å². The third-order valence-corrected chi connectivity index (χ3v) is 8.02. The molecule has 1 aliphatic heterocycles. The number of anilines is 2. The average molecular weight is 529 g/mol. The Morgan fingerprint density at radius 3 is 2.68 bits per heavy atom. The van der Waals surface area contributed by atoms with Crippen molar-refractivity contribution in [2.24, 2.45) is 7.05 Å². The van der Waals surface area contributed by atoms with Gasteiger partial charge in [0.2, 0.25) is 0 Å². The maximum Gasteiger partial charge on any atom is 0.257 e. The number of nitrogens with one attached hydrogen (secondary N) is 1. The van der Waals surface area contributed by atoms with Crippen LogP contribution in [0.4, 0.5) is 20.4 Å². The zero-order valence-electron chi connectivity index (χ0n) is 20.7. The Kier molecular flexibility index (Phi) is 5.61. The van der Waals surface area contributed by atoms with Gasteiger partial charge in [-0.1, -0.05) is 18.0 Å². The van der Waals surface area contributed by atoms with Crippen LogP contribution in [0.2, 0.25) is 5.02 Å². The SMILES string of the molecule is CO[C@H]1Cn2cc(-c3cc(Nc4ccnn4C)ncc3Cl)cc2-c2nnc(C3(C(C)(F)F)CCC3)n2C1. The molecular formula is C25H27ClF2N8O. The molecule has 12 heteroatoms. The van der Waals surface area contributed by atoms with E-state index >= 15 is 0 Å².